The van der Waals surface area contributed by atoms with Crippen LogP contribution in [0.3, 0.4) is 0 Å². The molecule has 1 aromatic heterocycles. The van der Waals surface area contributed by atoms with Crippen molar-refractivity contribution in [3.8, 4) is 0 Å². The Morgan fingerprint density at radius 3 is 2.60 bits per heavy atom. The van der Waals surface area contributed by atoms with Crippen molar-refractivity contribution in [2.75, 3.05) is 0 Å². The Balaban J connectivity index is 3.20. The average Bonchev–Trinajstić information content (AvgIpc) is 2.30. The molecular formula is C6H6BrN3. The van der Waals surface area contributed by atoms with E-state index in [2.05, 4.69) is 39.2 Å². The van der Waals surface area contributed by atoms with Crippen LogP contribution in [-0.2, 0) is 0 Å². The number of halogens is 1. The lowest BCUT2D eigenvalue weighted by atomic mass is 10.6. The fraction of sp³-hybridized carbons (Fsp3) is 0. The molecule has 0 aliphatic heterocycles. The van der Waals surface area contributed by atoms with Crippen LogP contribution in [0.25, 0.3) is 12.3 Å². The summed E-state index contributed by atoms with van der Waals surface area (Å²) in [6.45, 7) is 7.11. The number of hydrogen-bond donors (Lipinski definition) is 0. The van der Waals surface area contributed by atoms with E-state index in [-0.39, 0.29) is 0 Å². The summed E-state index contributed by atoms with van der Waals surface area (Å²) in [5.41, 5.74) is 0. The minimum absolute atomic E-state index is 0.544. The van der Waals surface area contributed by atoms with Gasteiger partial charge in [0.25, 0.3) is 0 Å². The third-order valence-corrected chi connectivity index (χ3v) is 1.32. The lowest BCUT2D eigenvalue weighted by Crippen LogP contribution is -1.90. The minimum atomic E-state index is 0.544. The van der Waals surface area contributed by atoms with Crippen molar-refractivity contribution in [2.45, 2.75) is 0 Å². The van der Waals surface area contributed by atoms with Gasteiger partial charge in [-0.2, -0.15) is 0 Å². The van der Waals surface area contributed by atoms with E-state index in [9.17, 15) is 0 Å². The number of nitrogens with zero attached hydrogens (tertiary/aromatic N) is 3. The third kappa shape index (κ3) is 1.16. The van der Waals surface area contributed by atoms with Crippen molar-refractivity contribution < 1.29 is 0 Å². The van der Waals surface area contributed by atoms with Gasteiger partial charge in [0.05, 0.1) is 0 Å². The molecule has 10 heavy (non-hydrogen) atoms. The summed E-state index contributed by atoms with van der Waals surface area (Å²) in [5.74, 6) is 0.682. The predicted octanol–water partition coefficient (Wildman–Crippen LogP) is 1.78. The quantitative estimate of drug-likeness (QED) is 0.728. The van der Waals surface area contributed by atoms with Gasteiger partial charge in [-0.25, -0.2) is 9.67 Å². The first kappa shape index (κ1) is 7.21. The molecule has 0 aliphatic carbocycles. The molecule has 0 fully saturated rings. The molecule has 1 rings (SSSR count). The summed E-state index contributed by atoms with van der Waals surface area (Å²) < 4.78 is 2.08. The fourth-order valence-corrected chi connectivity index (χ4v) is 0.934. The maximum atomic E-state index is 3.98. The van der Waals surface area contributed by atoms with Gasteiger partial charge in [-0.15, -0.1) is 5.10 Å². The van der Waals surface area contributed by atoms with E-state index >= 15 is 0 Å². The molecular weight excluding hydrogens is 194 g/mol. The number of rotatable bonds is 2. The molecule has 0 atom stereocenters. The Morgan fingerprint density at radius 2 is 2.20 bits per heavy atom. The van der Waals surface area contributed by atoms with Crippen molar-refractivity contribution in [1.82, 2.24) is 14.8 Å². The minimum Gasteiger partial charge on any atom is -0.221 e. The molecule has 0 aromatic carbocycles. The zero-order valence-electron chi connectivity index (χ0n) is 5.29. The van der Waals surface area contributed by atoms with Gasteiger partial charge >= 0.3 is 0 Å². The second-order valence-electron chi connectivity index (χ2n) is 1.57. The molecule has 3 nitrogen and oxygen atoms in total. The van der Waals surface area contributed by atoms with Gasteiger partial charge in [-0.3, -0.25) is 0 Å². The molecule has 0 amide bonds. The summed E-state index contributed by atoms with van der Waals surface area (Å²) in [6, 6.07) is 0. The second-order valence-corrected chi connectivity index (χ2v) is 2.28. The zero-order valence-corrected chi connectivity index (χ0v) is 6.87. The van der Waals surface area contributed by atoms with Crippen LogP contribution in [0.15, 0.2) is 17.9 Å². The third-order valence-electron chi connectivity index (χ3n) is 0.987. The largest absolute Gasteiger partial charge is 0.221 e. The van der Waals surface area contributed by atoms with Gasteiger partial charge < -0.3 is 0 Å². The summed E-state index contributed by atoms with van der Waals surface area (Å²) in [5, 5.41) is 3.93. The van der Waals surface area contributed by atoms with E-state index in [0.717, 1.165) is 0 Å². The topological polar surface area (TPSA) is 30.7 Å². The van der Waals surface area contributed by atoms with Crippen LogP contribution in [0.4, 0.5) is 0 Å². The SMILES string of the molecule is C=Cc1nc(Br)nn1C=C. The molecule has 0 aliphatic rings. The highest BCUT2D eigenvalue weighted by Crippen LogP contribution is 2.05. The lowest BCUT2D eigenvalue weighted by Gasteiger charge is -1.88. The van der Waals surface area contributed by atoms with E-state index in [0.29, 0.717) is 10.6 Å². The molecule has 0 saturated heterocycles. The summed E-state index contributed by atoms with van der Waals surface area (Å²) in [6.07, 6.45) is 3.17. The highest BCUT2D eigenvalue weighted by molar-refractivity contribution is 9.10. The Hall–Kier alpha value is -0.900. The first-order chi connectivity index (χ1) is 4.77. The van der Waals surface area contributed by atoms with E-state index in [1.54, 1.807) is 12.3 Å². The van der Waals surface area contributed by atoms with E-state index in [4.69, 9.17) is 0 Å². The highest BCUT2D eigenvalue weighted by atomic mass is 79.9. The molecule has 0 saturated carbocycles. The number of aromatic nitrogens is 3. The molecule has 4 heteroatoms. The Labute approximate surface area is 67.2 Å². The maximum Gasteiger partial charge on any atom is 0.218 e. The molecule has 0 bridgehead atoms. The Morgan fingerprint density at radius 1 is 1.50 bits per heavy atom. The van der Waals surface area contributed by atoms with Crippen molar-refractivity contribution in [2.24, 2.45) is 0 Å². The van der Waals surface area contributed by atoms with Crippen molar-refractivity contribution >= 4 is 28.2 Å². The first-order valence-electron chi connectivity index (χ1n) is 2.65. The van der Waals surface area contributed by atoms with Crippen molar-refractivity contribution in [3.63, 3.8) is 0 Å². The van der Waals surface area contributed by atoms with Gasteiger partial charge in [0.15, 0.2) is 5.82 Å². The molecule has 0 N–H and O–H groups in total. The molecule has 0 spiro atoms. The van der Waals surface area contributed by atoms with E-state index in [1.165, 1.54) is 4.68 Å². The lowest BCUT2D eigenvalue weighted by molar-refractivity contribution is 0.914. The average molecular weight is 200 g/mol. The summed E-state index contributed by atoms with van der Waals surface area (Å²) >= 11 is 3.13. The predicted molar refractivity (Wildman–Crippen MR) is 44.2 cm³/mol. The summed E-state index contributed by atoms with van der Waals surface area (Å²) in [4.78, 5) is 3.98. The zero-order chi connectivity index (χ0) is 7.56. The van der Waals surface area contributed by atoms with Crippen molar-refractivity contribution in [3.05, 3.63) is 23.7 Å². The van der Waals surface area contributed by atoms with Crippen LogP contribution in [-0.4, -0.2) is 14.8 Å². The monoisotopic (exact) mass is 199 g/mol. The van der Waals surface area contributed by atoms with Crippen LogP contribution >= 0.6 is 15.9 Å². The molecule has 1 heterocycles. The van der Waals surface area contributed by atoms with E-state index < -0.39 is 0 Å². The number of hydrogen-bond acceptors (Lipinski definition) is 2. The molecule has 0 radical (unpaired) electrons. The van der Waals surface area contributed by atoms with Gasteiger partial charge in [0.1, 0.15) is 0 Å². The molecule has 1 aromatic rings. The highest BCUT2D eigenvalue weighted by Gasteiger charge is 1.99. The van der Waals surface area contributed by atoms with Gasteiger partial charge in [-0.05, 0) is 22.0 Å². The van der Waals surface area contributed by atoms with Crippen LogP contribution in [0, 0.1) is 0 Å². The van der Waals surface area contributed by atoms with E-state index in [1.807, 2.05) is 0 Å². The van der Waals surface area contributed by atoms with Gasteiger partial charge in [0.2, 0.25) is 4.73 Å². The standard InChI is InChI=1S/C6H6BrN3/c1-3-5-8-6(7)9-10(5)4-2/h3-4H,1-2H2. The molecule has 0 unspecified atom stereocenters. The van der Waals surface area contributed by atoms with Gasteiger partial charge in [-0.1, -0.05) is 13.2 Å². The molecule has 52 valence electrons. The fourth-order valence-electron chi connectivity index (χ4n) is 0.582. The van der Waals surface area contributed by atoms with Crippen LogP contribution in [0.5, 0.6) is 0 Å². The van der Waals surface area contributed by atoms with Gasteiger partial charge in [0, 0.05) is 6.20 Å². The van der Waals surface area contributed by atoms with Crippen LogP contribution < -0.4 is 0 Å². The van der Waals surface area contributed by atoms with Crippen LogP contribution in [0.1, 0.15) is 5.82 Å². The second kappa shape index (κ2) is 2.79. The van der Waals surface area contributed by atoms with Crippen LogP contribution in [0.2, 0.25) is 0 Å². The smallest absolute Gasteiger partial charge is 0.218 e. The summed E-state index contributed by atoms with van der Waals surface area (Å²) in [7, 11) is 0. The maximum absolute atomic E-state index is 3.98. The normalized spacial score (nSPS) is 9.30. The van der Waals surface area contributed by atoms with Crippen molar-refractivity contribution in [1.29, 1.82) is 0 Å². The first-order valence-corrected chi connectivity index (χ1v) is 3.44. The Bertz CT molecular complexity index is 238. The Kier molecular flexibility index (Phi) is 2.01.